The van der Waals surface area contributed by atoms with Crippen LogP contribution < -0.4 is 15.2 Å². The molecule has 0 aromatic heterocycles. The van der Waals surface area contributed by atoms with E-state index in [-0.39, 0.29) is 10.5 Å². The fraction of sp³-hybridized carbons (Fsp3) is 0. The summed E-state index contributed by atoms with van der Waals surface area (Å²) in [5.41, 5.74) is 1.96. The van der Waals surface area contributed by atoms with Crippen LogP contribution in [0.15, 0.2) is 89.8 Å². The summed E-state index contributed by atoms with van der Waals surface area (Å²) in [5, 5.41) is 17.9. The lowest BCUT2D eigenvalue weighted by Crippen LogP contribution is -2.13. The Labute approximate surface area is 194 Å². The second-order valence-corrected chi connectivity index (χ2v) is 8.77. The maximum absolute atomic E-state index is 13.4. The van der Waals surface area contributed by atoms with Gasteiger partial charge >= 0.3 is 0 Å². The van der Waals surface area contributed by atoms with Crippen LogP contribution in [0.2, 0.25) is 0 Å². The van der Waals surface area contributed by atoms with E-state index >= 15 is 0 Å². The lowest BCUT2D eigenvalue weighted by Gasteiger charge is -2.12. The molecule has 0 aliphatic carbocycles. The number of nitrogens with one attached hydrogen (secondary N) is 1. The van der Waals surface area contributed by atoms with Crippen molar-refractivity contribution >= 4 is 21.4 Å². The number of rotatable bonds is 6. The van der Waals surface area contributed by atoms with E-state index in [0.29, 0.717) is 34.0 Å². The van der Waals surface area contributed by atoms with E-state index in [1.807, 2.05) is 0 Å². The van der Waals surface area contributed by atoms with Crippen LogP contribution >= 0.6 is 0 Å². The molecule has 0 bridgehead atoms. The van der Waals surface area contributed by atoms with Gasteiger partial charge in [0.25, 0.3) is 0 Å². The molecule has 9 heteroatoms. The summed E-state index contributed by atoms with van der Waals surface area (Å²) in [6.07, 6.45) is 0. The van der Waals surface area contributed by atoms with Gasteiger partial charge in [0.1, 0.15) is 11.5 Å². The summed E-state index contributed by atoms with van der Waals surface area (Å²) in [6, 6.07) is 23.2. The molecule has 0 aliphatic rings. The van der Waals surface area contributed by atoms with Crippen LogP contribution in [0.25, 0.3) is 11.1 Å². The summed E-state index contributed by atoms with van der Waals surface area (Å²) < 4.78 is 56.1. The molecule has 0 spiro atoms. The van der Waals surface area contributed by atoms with Crippen LogP contribution in [0.4, 0.5) is 20.2 Å². The Bertz CT molecular complexity index is 1520. The molecular weight excluding hydrogens is 460 g/mol. The maximum atomic E-state index is 13.4. The number of benzene rings is 4. The number of ether oxygens (including phenoxy) is 1. The van der Waals surface area contributed by atoms with E-state index in [1.54, 1.807) is 54.6 Å². The first kappa shape index (κ1) is 22.9. The Morgan fingerprint density at radius 3 is 2.15 bits per heavy atom. The minimum Gasteiger partial charge on any atom is -0.457 e. The molecule has 170 valence electrons. The van der Waals surface area contributed by atoms with Crippen molar-refractivity contribution in [2.24, 2.45) is 5.14 Å². The summed E-state index contributed by atoms with van der Waals surface area (Å²) in [5.74, 6) is -1.04. The number of primary sulfonamides is 1. The van der Waals surface area contributed by atoms with Crippen LogP contribution in [-0.2, 0) is 10.0 Å². The van der Waals surface area contributed by atoms with Crippen LogP contribution in [0.3, 0.4) is 0 Å². The molecule has 0 aliphatic heterocycles. The van der Waals surface area contributed by atoms with Crippen molar-refractivity contribution in [1.82, 2.24) is 0 Å². The fourth-order valence-electron chi connectivity index (χ4n) is 3.33. The van der Waals surface area contributed by atoms with Gasteiger partial charge in [0.05, 0.1) is 16.5 Å². The van der Waals surface area contributed by atoms with Gasteiger partial charge in [0.2, 0.25) is 10.0 Å². The van der Waals surface area contributed by atoms with Gasteiger partial charge in [-0.3, -0.25) is 0 Å². The van der Waals surface area contributed by atoms with Crippen LogP contribution in [0.1, 0.15) is 5.56 Å². The third-order valence-electron chi connectivity index (χ3n) is 4.89. The van der Waals surface area contributed by atoms with Gasteiger partial charge in [0.15, 0.2) is 11.6 Å². The minimum absolute atomic E-state index is 0.0794. The Kier molecular flexibility index (Phi) is 6.27. The second kappa shape index (κ2) is 9.31. The van der Waals surface area contributed by atoms with E-state index in [0.717, 1.165) is 12.1 Å². The van der Waals surface area contributed by atoms with E-state index in [9.17, 15) is 22.5 Å². The van der Waals surface area contributed by atoms with Crippen molar-refractivity contribution in [3.63, 3.8) is 0 Å². The predicted octanol–water partition coefficient (Wildman–Crippen LogP) is 5.69. The highest BCUT2D eigenvalue weighted by Crippen LogP contribution is 2.33. The third kappa shape index (κ3) is 5.04. The number of nitriles is 1. The van der Waals surface area contributed by atoms with E-state index in [1.165, 1.54) is 18.2 Å². The number of anilines is 2. The molecule has 0 heterocycles. The van der Waals surface area contributed by atoms with Crippen molar-refractivity contribution in [2.45, 2.75) is 4.90 Å². The topological polar surface area (TPSA) is 105 Å². The Morgan fingerprint density at radius 1 is 0.794 bits per heavy atom. The number of hydrogen-bond donors (Lipinski definition) is 2. The minimum atomic E-state index is -3.98. The summed E-state index contributed by atoms with van der Waals surface area (Å²) in [6.45, 7) is 0. The molecule has 0 radical (unpaired) electrons. The molecule has 3 N–H and O–H groups in total. The average Bonchev–Trinajstić information content (AvgIpc) is 2.82. The zero-order valence-corrected chi connectivity index (χ0v) is 18.3. The second-order valence-electron chi connectivity index (χ2n) is 7.24. The number of hydrogen-bond acceptors (Lipinski definition) is 5. The fourth-order valence-corrected chi connectivity index (χ4v) is 4.09. The highest BCUT2D eigenvalue weighted by molar-refractivity contribution is 7.89. The molecule has 34 heavy (non-hydrogen) atoms. The van der Waals surface area contributed by atoms with Crippen molar-refractivity contribution in [1.29, 1.82) is 5.26 Å². The SMILES string of the molecule is N#Cc1cc(Oc2ccc(Nc3ccc(F)c(F)c3)cc2)ccc1-c1ccccc1S(N)(=O)=O. The molecule has 0 saturated carbocycles. The highest BCUT2D eigenvalue weighted by atomic mass is 32.2. The van der Waals surface area contributed by atoms with Gasteiger partial charge in [-0.1, -0.05) is 18.2 Å². The number of halogens is 2. The number of sulfonamides is 1. The molecule has 4 rings (SSSR count). The third-order valence-corrected chi connectivity index (χ3v) is 5.86. The summed E-state index contributed by atoms with van der Waals surface area (Å²) in [7, 11) is -3.98. The van der Waals surface area contributed by atoms with Gasteiger partial charge in [-0.05, 0) is 60.7 Å². The lowest BCUT2D eigenvalue weighted by atomic mass is 10.00. The quantitative estimate of drug-likeness (QED) is 0.371. The molecule has 0 saturated heterocycles. The van der Waals surface area contributed by atoms with E-state index < -0.39 is 21.7 Å². The molecule has 6 nitrogen and oxygen atoms in total. The van der Waals surface area contributed by atoms with E-state index in [2.05, 4.69) is 11.4 Å². The van der Waals surface area contributed by atoms with Gasteiger partial charge in [-0.25, -0.2) is 22.3 Å². The monoisotopic (exact) mass is 477 g/mol. The first-order chi connectivity index (χ1) is 16.2. The van der Waals surface area contributed by atoms with Crippen molar-refractivity contribution in [2.75, 3.05) is 5.32 Å². The molecule has 0 amide bonds. The maximum Gasteiger partial charge on any atom is 0.238 e. The Balaban J connectivity index is 1.55. The van der Waals surface area contributed by atoms with Gasteiger partial charge in [0, 0.05) is 28.6 Å². The Morgan fingerprint density at radius 2 is 1.47 bits per heavy atom. The molecular formula is C25H17F2N3O3S. The molecule has 0 unspecified atom stereocenters. The van der Waals surface area contributed by atoms with Crippen LogP contribution in [-0.4, -0.2) is 8.42 Å². The average molecular weight is 477 g/mol. The van der Waals surface area contributed by atoms with Crippen LogP contribution in [0, 0.1) is 23.0 Å². The first-order valence-electron chi connectivity index (χ1n) is 9.91. The van der Waals surface area contributed by atoms with Crippen molar-refractivity contribution in [3.05, 3.63) is 102 Å². The highest BCUT2D eigenvalue weighted by Gasteiger charge is 2.17. The molecule has 4 aromatic rings. The van der Waals surface area contributed by atoms with Gasteiger partial charge < -0.3 is 10.1 Å². The molecule has 0 atom stereocenters. The normalized spacial score (nSPS) is 11.0. The number of nitrogens with zero attached hydrogens (tertiary/aromatic N) is 1. The smallest absolute Gasteiger partial charge is 0.238 e. The lowest BCUT2D eigenvalue weighted by molar-refractivity contribution is 0.482. The summed E-state index contributed by atoms with van der Waals surface area (Å²) >= 11 is 0. The zero-order valence-electron chi connectivity index (χ0n) is 17.5. The van der Waals surface area contributed by atoms with Gasteiger partial charge in [-0.15, -0.1) is 0 Å². The first-order valence-corrected chi connectivity index (χ1v) is 11.5. The largest absolute Gasteiger partial charge is 0.457 e. The predicted molar refractivity (Wildman–Crippen MR) is 124 cm³/mol. The van der Waals surface area contributed by atoms with E-state index in [4.69, 9.17) is 9.88 Å². The molecule has 4 aromatic carbocycles. The summed E-state index contributed by atoms with van der Waals surface area (Å²) in [4.78, 5) is -0.0794. The van der Waals surface area contributed by atoms with Crippen molar-refractivity contribution < 1.29 is 21.9 Å². The standard InChI is InChI=1S/C25H17F2N3O3S/c26-23-12-7-18(14-24(23)27)30-17-5-8-19(9-6-17)33-20-10-11-21(16(13-20)15-28)22-3-1-2-4-25(22)34(29,31)32/h1-14,30H,(H2,29,31,32). The van der Waals surface area contributed by atoms with Crippen molar-refractivity contribution in [3.8, 4) is 28.7 Å². The Hall–Kier alpha value is -4.26. The van der Waals surface area contributed by atoms with Gasteiger partial charge in [-0.2, -0.15) is 5.26 Å². The number of nitrogens with two attached hydrogens (primary N) is 1. The molecule has 0 fully saturated rings. The zero-order chi connectivity index (χ0) is 24.3. The van der Waals surface area contributed by atoms with Crippen LogP contribution in [0.5, 0.6) is 11.5 Å².